The summed E-state index contributed by atoms with van der Waals surface area (Å²) in [5.41, 5.74) is -0.807. The Bertz CT molecular complexity index is 1170. The maximum Gasteiger partial charge on any atom is 0.337 e. The molecule has 0 bridgehead atoms. The molecule has 0 aromatic heterocycles. The van der Waals surface area contributed by atoms with Crippen LogP contribution < -0.4 is 0 Å². The Balaban J connectivity index is 2.21. The molecule has 0 spiro atoms. The second-order valence-electron chi connectivity index (χ2n) is 7.05. The Kier molecular flexibility index (Phi) is 5.88. The predicted molar refractivity (Wildman–Crippen MR) is 112 cm³/mol. The third-order valence-corrected chi connectivity index (χ3v) is 5.32. The molecule has 1 unspecified atom stereocenters. The molecule has 1 atom stereocenters. The van der Waals surface area contributed by atoms with Gasteiger partial charge >= 0.3 is 23.9 Å². The standard InChI is InChI=1S/C22H20N2O8/c1-3-24-10-15(11-6-4-8-13(19(25)26)16(11)21(29)30)23(2)18(24)12-7-5-9-14(20(27)28)17(12)22(31)32/h4-10,18H,3H2,1-2H3,(H,25,26)(H,27,28)(H,29,30)(H,31,32). The minimum absolute atomic E-state index is 0.145. The zero-order valence-electron chi connectivity index (χ0n) is 17.1. The Morgan fingerprint density at radius 2 is 1.34 bits per heavy atom. The first-order chi connectivity index (χ1) is 15.1. The van der Waals surface area contributed by atoms with Crippen LogP contribution >= 0.6 is 0 Å². The van der Waals surface area contributed by atoms with E-state index in [1.807, 2.05) is 0 Å². The van der Waals surface area contributed by atoms with Gasteiger partial charge in [-0.05, 0) is 19.1 Å². The summed E-state index contributed by atoms with van der Waals surface area (Å²) in [5.74, 6) is -5.60. The van der Waals surface area contributed by atoms with Crippen LogP contribution in [-0.4, -0.2) is 67.7 Å². The molecule has 166 valence electrons. The van der Waals surface area contributed by atoms with Crippen molar-refractivity contribution in [3.8, 4) is 0 Å². The minimum Gasteiger partial charge on any atom is -0.478 e. The highest BCUT2D eigenvalue weighted by Crippen LogP contribution is 2.41. The molecule has 1 aliphatic rings. The van der Waals surface area contributed by atoms with Gasteiger partial charge in [-0.1, -0.05) is 24.3 Å². The van der Waals surface area contributed by atoms with Crippen LogP contribution in [0.25, 0.3) is 5.70 Å². The summed E-state index contributed by atoms with van der Waals surface area (Å²) in [6.45, 7) is 2.18. The molecule has 0 saturated carbocycles. The van der Waals surface area contributed by atoms with E-state index >= 15 is 0 Å². The van der Waals surface area contributed by atoms with Gasteiger partial charge in [0.25, 0.3) is 0 Å². The maximum atomic E-state index is 12.0. The molecule has 4 N–H and O–H groups in total. The summed E-state index contributed by atoms with van der Waals surface area (Å²) in [7, 11) is 1.60. The Labute approximate surface area is 182 Å². The van der Waals surface area contributed by atoms with Crippen LogP contribution in [0.5, 0.6) is 0 Å². The van der Waals surface area contributed by atoms with Crippen molar-refractivity contribution in [3.05, 3.63) is 76.0 Å². The molecule has 0 fully saturated rings. The van der Waals surface area contributed by atoms with Crippen molar-refractivity contribution in [2.75, 3.05) is 13.6 Å². The Morgan fingerprint density at radius 1 is 0.812 bits per heavy atom. The number of aromatic carboxylic acids is 4. The van der Waals surface area contributed by atoms with Crippen LogP contribution in [0.1, 0.15) is 65.6 Å². The molecule has 32 heavy (non-hydrogen) atoms. The quantitative estimate of drug-likeness (QED) is 0.505. The highest BCUT2D eigenvalue weighted by atomic mass is 16.4. The number of benzene rings is 2. The zero-order chi connectivity index (χ0) is 23.7. The summed E-state index contributed by atoms with van der Waals surface area (Å²) >= 11 is 0. The van der Waals surface area contributed by atoms with E-state index in [-0.39, 0.29) is 27.8 Å². The smallest absolute Gasteiger partial charge is 0.337 e. The second kappa shape index (κ2) is 8.42. The minimum atomic E-state index is -1.42. The fourth-order valence-electron chi connectivity index (χ4n) is 3.96. The van der Waals surface area contributed by atoms with Crippen LogP contribution in [0.3, 0.4) is 0 Å². The molecular formula is C22H20N2O8. The molecule has 2 aromatic carbocycles. The van der Waals surface area contributed by atoms with Crippen molar-refractivity contribution in [3.63, 3.8) is 0 Å². The molecule has 1 aliphatic heterocycles. The third kappa shape index (κ3) is 3.62. The van der Waals surface area contributed by atoms with Crippen LogP contribution in [0.15, 0.2) is 42.6 Å². The van der Waals surface area contributed by atoms with Crippen molar-refractivity contribution < 1.29 is 39.6 Å². The molecule has 1 heterocycles. The van der Waals surface area contributed by atoms with Crippen LogP contribution in [0.2, 0.25) is 0 Å². The average Bonchev–Trinajstić information content (AvgIpc) is 3.08. The van der Waals surface area contributed by atoms with Gasteiger partial charge in [-0.15, -0.1) is 0 Å². The predicted octanol–water partition coefficient (Wildman–Crippen LogP) is 2.74. The summed E-state index contributed by atoms with van der Waals surface area (Å²) in [6.07, 6.45) is 0.854. The summed E-state index contributed by atoms with van der Waals surface area (Å²) < 4.78 is 0. The summed E-state index contributed by atoms with van der Waals surface area (Å²) in [4.78, 5) is 50.4. The highest BCUT2D eigenvalue weighted by molar-refractivity contribution is 6.05. The Morgan fingerprint density at radius 3 is 1.84 bits per heavy atom. The maximum absolute atomic E-state index is 12.0. The van der Waals surface area contributed by atoms with Crippen LogP contribution in [-0.2, 0) is 0 Å². The van der Waals surface area contributed by atoms with E-state index in [0.717, 1.165) is 0 Å². The lowest BCUT2D eigenvalue weighted by Gasteiger charge is -2.32. The number of nitrogens with zero attached hydrogens (tertiary/aromatic N) is 2. The van der Waals surface area contributed by atoms with E-state index in [2.05, 4.69) is 0 Å². The fourth-order valence-corrected chi connectivity index (χ4v) is 3.96. The monoisotopic (exact) mass is 440 g/mol. The SMILES string of the molecule is CCN1C=C(c2cccc(C(=O)O)c2C(=O)O)N(C)C1c1cccc(C(=O)O)c1C(=O)O. The summed E-state index contributed by atoms with van der Waals surface area (Å²) in [5, 5.41) is 38.3. The third-order valence-electron chi connectivity index (χ3n) is 5.32. The van der Waals surface area contributed by atoms with Crippen molar-refractivity contribution in [1.29, 1.82) is 0 Å². The van der Waals surface area contributed by atoms with Crippen molar-refractivity contribution in [2.45, 2.75) is 13.1 Å². The van der Waals surface area contributed by atoms with Crippen molar-refractivity contribution in [2.24, 2.45) is 0 Å². The van der Waals surface area contributed by atoms with Gasteiger partial charge in [0, 0.05) is 30.9 Å². The average molecular weight is 440 g/mol. The van der Waals surface area contributed by atoms with Gasteiger partial charge in [-0.2, -0.15) is 0 Å². The number of hydrogen-bond acceptors (Lipinski definition) is 6. The lowest BCUT2D eigenvalue weighted by atomic mass is 9.96. The number of carboxylic acid groups (broad SMARTS) is 4. The topological polar surface area (TPSA) is 156 Å². The zero-order valence-corrected chi connectivity index (χ0v) is 17.1. The van der Waals surface area contributed by atoms with Gasteiger partial charge in [0.05, 0.1) is 28.0 Å². The lowest BCUT2D eigenvalue weighted by Crippen LogP contribution is -2.31. The van der Waals surface area contributed by atoms with Gasteiger partial charge in [0.15, 0.2) is 0 Å². The second-order valence-corrected chi connectivity index (χ2v) is 7.05. The van der Waals surface area contributed by atoms with Gasteiger partial charge in [-0.25, -0.2) is 19.2 Å². The Hall–Kier alpha value is -4.34. The number of rotatable bonds is 7. The molecule has 10 heteroatoms. The molecule has 10 nitrogen and oxygen atoms in total. The van der Waals surface area contributed by atoms with E-state index in [9.17, 15) is 39.6 Å². The molecule has 0 radical (unpaired) electrons. The van der Waals surface area contributed by atoms with Crippen LogP contribution in [0, 0.1) is 0 Å². The number of carbonyl (C=O) groups is 4. The molecule has 0 aliphatic carbocycles. The first-order valence-electron chi connectivity index (χ1n) is 9.50. The van der Waals surface area contributed by atoms with Gasteiger partial charge in [-0.3, -0.25) is 0 Å². The van der Waals surface area contributed by atoms with Crippen LogP contribution in [0.4, 0.5) is 0 Å². The van der Waals surface area contributed by atoms with E-state index in [0.29, 0.717) is 12.2 Å². The molecule has 2 aromatic rings. The molecule has 0 saturated heterocycles. The first-order valence-corrected chi connectivity index (χ1v) is 9.50. The molecule has 3 rings (SSSR count). The highest BCUT2D eigenvalue weighted by Gasteiger charge is 2.36. The van der Waals surface area contributed by atoms with Gasteiger partial charge < -0.3 is 30.2 Å². The van der Waals surface area contributed by atoms with E-state index in [1.165, 1.54) is 36.4 Å². The molecule has 0 amide bonds. The summed E-state index contributed by atoms with van der Waals surface area (Å²) in [6, 6.07) is 8.24. The van der Waals surface area contributed by atoms with Crippen molar-refractivity contribution in [1.82, 2.24) is 9.80 Å². The number of hydrogen-bond donors (Lipinski definition) is 4. The van der Waals surface area contributed by atoms with Crippen molar-refractivity contribution >= 4 is 29.6 Å². The van der Waals surface area contributed by atoms with Gasteiger partial charge in [0.1, 0.15) is 6.17 Å². The van der Waals surface area contributed by atoms with E-state index < -0.39 is 35.6 Å². The van der Waals surface area contributed by atoms with E-state index in [1.54, 1.807) is 30.0 Å². The molecular weight excluding hydrogens is 420 g/mol. The van der Waals surface area contributed by atoms with Gasteiger partial charge in [0.2, 0.25) is 0 Å². The number of carboxylic acids is 4. The van der Waals surface area contributed by atoms with E-state index in [4.69, 9.17) is 0 Å². The lowest BCUT2D eigenvalue weighted by molar-refractivity contribution is 0.0646. The normalized spacial score (nSPS) is 15.4. The largest absolute Gasteiger partial charge is 0.478 e. The fraction of sp³-hybridized carbons (Fsp3) is 0.182. The first kappa shape index (κ1) is 22.3.